The summed E-state index contributed by atoms with van der Waals surface area (Å²) in [6.45, 7) is 3.40. The van der Waals surface area contributed by atoms with Crippen LogP contribution in [0.4, 0.5) is 0 Å². The number of hydrogen-bond donors (Lipinski definition) is 0. The highest BCUT2D eigenvalue weighted by Crippen LogP contribution is 2.37. The fourth-order valence-electron chi connectivity index (χ4n) is 1.88. The number of ether oxygens (including phenoxy) is 2. The first-order valence-electron chi connectivity index (χ1n) is 5.65. The molecule has 0 N–H and O–H groups in total. The van der Waals surface area contributed by atoms with Gasteiger partial charge in [0.2, 0.25) is 0 Å². The predicted molar refractivity (Wildman–Crippen MR) is 61.1 cm³/mol. The highest BCUT2D eigenvalue weighted by Gasteiger charge is 2.17. The highest BCUT2D eigenvalue weighted by atomic mass is 16.5. The third-order valence-electron chi connectivity index (χ3n) is 2.78. The van der Waals surface area contributed by atoms with Gasteiger partial charge in [0.1, 0.15) is 6.29 Å². The lowest BCUT2D eigenvalue weighted by atomic mass is 9.97. The second-order valence-electron chi connectivity index (χ2n) is 4.03. The molecule has 0 aromatic heterocycles. The Labute approximate surface area is 95.4 Å². The van der Waals surface area contributed by atoms with Gasteiger partial charge in [0.25, 0.3) is 0 Å². The first-order chi connectivity index (χ1) is 7.83. The molecule has 1 aliphatic rings. The maximum atomic E-state index is 10.6. The minimum Gasteiger partial charge on any atom is -0.490 e. The molecule has 0 bridgehead atoms. The molecule has 0 saturated carbocycles. The highest BCUT2D eigenvalue weighted by molar-refractivity contribution is 5.55. The van der Waals surface area contributed by atoms with E-state index in [9.17, 15) is 4.79 Å². The number of aldehydes is 1. The van der Waals surface area contributed by atoms with Gasteiger partial charge in [-0.2, -0.15) is 0 Å². The van der Waals surface area contributed by atoms with E-state index in [2.05, 4.69) is 0 Å². The quantitative estimate of drug-likeness (QED) is 0.734. The monoisotopic (exact) mass is 220 g/mol. The van der Waals surface area contributed by atoms with Gasteiger partial charge in [-0.3, -0.25) is 0 Å². The number of benzene rings is 1. The predicted octanol–water partition coefficient (Wildman–Crippen LogP) is 2.54. The number of rotatable bonds is 3. The topological polar surface area (TPSA) is 35.5 Å². The Balaban J connectivity index is 2.34. The lowest BCUT2D eigenvalue weighted by Crippen LogP contribution is -2.01. The molecule has 3 heteroatoms. The molecule has 2 rings (SSSR count). The molecular formula is C13H16O3. The van der Waals surface area contributed by atoms with E-state index in [0.29, 0.717) is 19.6 Å². The minimum atomic E-state index is 0.175. The van der Waals surface area contributed by atoms with Gasteiger partial charge in [0, 0.05) is 18.4 Å². The molecule has 1 unspecified atom stereocenters. The molecule has 1 aromatic rings. The van der Waals surface area contributed by atoms with Gasteiger partial charge in [-0.05, 0) is 12.0 Å². The zero-order chi connectivity index (χ0) is 11.4. The van der Waals surface area contributed by atoms with Crippen LogP contribution in [0, 0.1) is 0 Å². The largest absolute Gasteiger partial charge is 0.490 e. The smallest absolute Gasteiger partial charge is 0.164 e. The van der Waals surface area contributed by atoms with Crippen LogP contribution in [0.1, 0.15) is 31.2 Å². The van der Waals surface area contributed by atoms with E-state index in [-0.39, 0.29) is 5.92 Å². The lowest BCUT2D eigenvalue weighted by Gasteiger charge is -2.15. The Hall–Kier alpha value is -1.51. The molecule has 16 heavy (non-hydrogen) atoms. The molecule has 0 radical (unpaired) electrons. The van der Waals surface area contributed by atoms with Crippen molar-refractivity contribution in [3.8, 4) is 11.5 Å². The van der Waals surface area contributed by atoms with E-state index in [0.717, 1.165) is 29.8 Å². The second kappa shape index (κ2) is 5.01. The van der Waals surface area contributed by atoms with Gasteiger partial charge in [-0.25, -0.2) is 0 Å². The summed E-state index contributed by atoms with van der Waals surface area (Å²) in [6.07, 6.45) is 2.36. The summed E-state index contributed by atoms with van der Waals surface area (Å²) < 4.78 is 11.3. The molecule has 0 amide bonds. The summed E-state index contributed by atoms with van der Waals surface area (Å²) in [6, 6.07) is 5.86. The SMILES string of the molecule is CC(CC=O)c1cccc2c1OCCCO2. The van der Waals surface area contributed by atoms with Crippen molar-refractivity contribution in [1.29, 1.82) is 0 Å². The molecule has 1 aromatic carbocycles. The van der Waals surface area contributed by atoms with Crippen molar-refractivity contribution in [2.45, 2.75) is 25.7 Å². The van der Waals surface area contributed by atoms with E-state index in [1.807, 2.05) is 25.1 Å². The van der Waals surface area contributed by atoms with E-state index in [4.69, 9.17) is 9.47 Å². The number of hydrogen-bond acceptors (Lipinski definition) is 3. The molecule has 0 aliphatic carbocycles. The maximum Gasteiger partial charge on any atom is 0.164 e. The van der Waals surface area contributed by atoms with E-state index >= 15 is 0 Å². The molecule has 3 nitrogen and oxygen atoms in total. The zero-order valence-corrected chi connectivity index (χ0v) is 9.44. The van der Waals surface area contributed by atoms with Crippen LogP contribution >= 0.6 is 0 Å². The molecule has 0 spiro atoms. The second-order valence-corrected chi connectivity index (χ2v) is 4.03. The molecule has 86 valence electrons. The fourth-order valence-corrected chi connectivity index (χ4v) is 1.88. The average molecular weight is 220 g/mol. The Morgan fingerprint density at radius 3 is 3.00 bits per heavy atom. The van der Waals surface area contributed by atoms with Gasteiger partial charge in [0.05, 0.1) is 13.2 Å². The van der Waals surface area contributed by atoms with Crippen LogP contribution in [0.25, 0.3) is 0 Å². The van der Waals surface area contributed by atoms with Gasteiger partial charge in [-0.1, -0.05) is 19.1 Å². The van der Waals surface area contributed by atoms with Crippen molar-refractivity contribution in [1.82, 2.24) is 0 Å². The van der Waals surface area contributed by atoms with Crippen LogP contribution in [-0.2, 0) is 4.79 Å². The molecule has 1 atom stereocenters. The van der Waals surface area contributed by atoms with Gasteiger partial charge in [-0.15, -0.1) is 0 Å². The van der Waals surface area contributed by atoms with Crippen LogP contribution in [0.5, 0.6) is 11.5 Å². The Morgan fingerprint density at radius 2 is 2.19 bits per heavy atom. The van der Waals surface area contributed by atoms with Gasteiger partial charge in [0.15, 0.2) is 11.5 Å². The zero-order valence-electron chi connectivity index (χ0n) is 9.44. The summed E-state index contributed by atoms with van der Waals surface area (Å²) in [7, 11) is 0. The lowest BCUT2D eigenvalue weighted by molar-refractivity contribution is -0.108. The van der Waals surface area contributed by atoms with Crippen molar-refractivity contribution in [2.24, 2.45) is 0 Å². The number of para-hydroxylation sites is 1. The van der Waals surface area contributed by atoms with E-state index in [1.54, 1.807) is 0 Å². The van der Waals surface area contributed by atoms with Crippen molar-refractivity contribution >= 4 is 6.29 Å². The minimum absolute atomic E-state index is 0.175. The Bertz CT molecular complexity index is 373. The fraction of sp³-hybridized carbons (Fsp3) is 0.462. The van der Waals surface area contributed by atoms with Crippen LogP contribution in [0.15, 0.2) is 18.2 Å². The summed E-state index contributed by atoms with van der Waals surface area (Å²) in [5.74, 6) is 1.79. The molecular weight excluding hydrogens is 204 g/mol. The number of fused-ring (bicyclic) bond motifs is 1. The normalized spacial score (nSPS) is 16.3. The van der Waals surface area contributed by atoms with Crippen LogP contribution in [0.3, 0.4) is 0 Å². The van der Waals surface area contributed by atoms with Crippen LogP contribution in [0.2, 0.25) is 0 Å². The summed E-state index contributed by atoms with van der Waals surface area (Å²) in [4.78, 5) is 10.6. The van der Waals surface area contributed by atoms with Crippen molar-refractivity contribution in [3.63, 3.8) is 0 Å². The Kier molecular flexibility index (Phi) is 3.44. The van der Waals surface area contributed by atoms with Gasteiger partial charge < -0.3 is 14.3 Å². The average Bonchev–Trinajstić information content (AvgIpc) is 2.53. The van der Waals surface area contributed by atoms with Crippen molar-refractivity contribution < 1.29 is 14.3 Å². The third kappa shape index (κ3) is 2.18. The first-order valence-corrected chi connectivity index (χ1v) is 5.65. The summed E-state index contributed by atoms with van der Waals surface area (Å²) in [5, 5.41) is 0. The number of carbonyl (C=O) groups excluding carboxylic acids is 1. The summed E-state index contributed by atoms with van der Waals surface area (Å²) in [5.41, 5.74) is 1.06. The summed E-state index contributed by atoms with van der Waals surface area (Å²) >= 11 is 0. The van der Waals surface area contributed by atoms with E-state index in [1.165, 1.54) is 0 Å². The molecule has 0 fully saturated rings. The number of carbonyl (C=O) groups is 1. The van der Waals surface area contributed by atoms with Crippen LogP contribution in [-0.4, -0.2) is 19.5 Å². The third-order valence-corrected chi connectivity index (χ3v) is 2.78. The molecule has 1 aliphatic heterocycles. The van der Waals surface area contributed by atoms with Crippen LogP contribution < -0.4 is 9.47 Å². The standard InChI is InChI=1S/C13H16O3/c1-10(6-7-14)11-4-2-5-12-13(11)16-9-3-8-15-12/h2,4-5,7,10H,3,6,8-9H2,1H3. The molecule has 1 heterocycles. The van der Waals surface area contributed by atoms with E-state index < -0.39 is 0 Å². The van der Waals surface area contributed by atoms with Gasteiger partial charge >= 0.3 is 0 Å². The van der Waals surface area contributed by atoms with Crippen molar-refractivity contribution in [3.05, 3.63) is 23.8 Å². The first kappa shape index (κ1) is 11.0. The molecule has 0 saturated heterocycles. The van der Waals surface area contributed by atoms with Crippen molar-refractivity contribution in [2.75, 3.05) is 13.2 Å². The Morgan fingerprint density at radius 1 is 1.38 bits per heavy atom. The maximum absolute atomic E-state index is 10.6.